The van der Waals surface area contributed by atoms with Crippen LogP contribution in [0.15, 0.2) is 83.5 Å². The number of nitrogens with zero attached hydrogens (tertiary/aromatic N) is 2. The first-order valence-electron chi connectivity index (χ1n) is 9.56. The van der Waals surface area contributed by atoms with E-state index in [0.29, 0.717) is 28.5 Å². The summed E-state index contributed by atoms with van der Waals surface area (Å²) in [6.45, 7) is 1.56. The van der Waals surface area contributed by atoms with Crippen LogP contribution >= 0.6 is 0 Å². The molecule has 0 atom stereocenters. The third kappa shape index (κ3) is 4.67. The predicted octanol–water partition coefficient (Wildman–Crippen LogP) is 4.15. The smallest absolute Gasteiger partial charge is 0.274 e. The van der Waals surface area contributed by atoms with Crippen molar-refractivity contribution in [3.8, 4) is 17.1 Å². The average molecular weight is 436 g/mol. The number of anilines is 2. The van der Waals surface area contributed by atoms with Gasteiger partial charge in [-0.25, -0.2) is 13.1 Å². The molecule has 1 amide bonds. The van der Waals surface area contributed by atoms with E-state index < -0.39 is 10.0 Å². The summed E-state index contributed by atoms with van der Waals surface area (Å²) in [5, 5.41) is 7.36. The minimum atomic E-state index is -3.36. The van der Waals surface area contributed by atoms with E-state index in [1.807, 2.05) is 30.3 Å². The topological polar surface area (TPSA) is 106 Å². The number of hydrogen-bond acceptors (Lipinski definition) is 5. The van der Waals surface area contributed by atoms with E-state index in [9.17, 15) is 13.2 Å². The normalized spacial score (nSPS) is 11.3. The van der Waals surface area contributed by atoms with E-state index in [-0.39, 0.29) is 11.7 Å². The summed E-state index contributed by atoms with van der Waals surface area (Å²) in [7, 11) is -3.36. The minimum Gasteiger partial charge on any atom is -0.463 e. The van der Waals surface area contributed by atoms with Crippen LogP contribution in [0.1, 0.15) is 17.4 Å². The van der Waals surface area contributed by atoms with Crippen molar-refractivity contribution in [3.05, 3.63) is 84.8 Å². The molecule has 8 nitrogen and oxygen atoms in total. The predicted molar refractivity (Wildman–Crippen MR) is 119 cm³/mol. The van der Waals surface area contributed by atoms with Crippen molar-refractivity contribution < 1.29 is 17.6 Å². The number of aromatic nitrogens is 2. The molecule has 0 saturated carbocycles. The number of hydrogen-bond donors (Lipinski definition) is 2. The summed E-state index contributed by atoms with van der Waals surface area (Å²) in [4.78, 5) is 13.0. The molecule has 158 valence electrons. The zero-order chi connectivity index (χ0) is 21.8. The molecule has 0 aliphatic carbocycles. The fourth-order valence-electron chi connectivity index (χ4n) is 2.92. The fourth-order valence-corrected chi connectivity index (χ4v) is 3.56. The largest absolute Gasteiger partial charge is 0.463 e. The molecule has 0 unspecified atom stereocenters. The first kappa shape index (κ1) is 20.4. The van der Waals surface area contributed by atoms with Gasteiger partial charge in [-0.3, -0.25) is 9.52 Å². The van der Waals surface area contributed by atoms with Crippen LogP contribution in [-0.4, -0.2) is 29.9 Å². The van der Waals surface area contributed by atoms with Gasteiger partial charge >= 0.3 is 0 Å². The maximum Gasteiger partial charge on any atom is 0.274 e. The molecule has 0 fully saturated rings. The Morgan fingerprint density at radius 3 is 2.35 bits per heavy atom. The Morgan fingerprint density at radius 2 is 1.71 bits per heavy atom. The molecule has 0 radical (unpaired) electrons. The second-order valence-corrected chi connectivity index (χ2v) is 8.69. The molecule has 0 aliphatic rings. The van der Waals surface area contributed by atoms with Gasteiger partial charge in [0.1, 0.15) is 11.4 Å². The first-order chi connectivity index (χ1) is 14.9. The maximum absolute atomic E-state index is 13.0. The van der Waals surface area contributed by atoms with Gasteiger partial charge in [0.15, 0.2) is 5.76 Å². The summed E-state index contributed by atoms with van der Waals surface area (Å²) < 4.78 is 32.8. The monoisotopic (exact) mass is 436 g/mol. The van der Waals surface area contributed by atoms with E-state index in [1.54, 1.807) is 60.3 Å². The van der Waals surface area contributed by atoms with E-state index in [1.165, 1.54) is 0 Å². The number of nitrogens with one attached hydrogen (secondary N) is 2. The van der Waals surface area contributed by atoms with Crippen molar-refractivity contribution in [2.75, 3.05) is 15.8 Å². The second kappa shape index (κ2) is 8.49. The van der Waals surface area contributed by atoms with Gasteiger partial charge in [0.2, 0.25) is 10.0 Å². The number of furan rings is 1. The Morgan fingerprint density at radius 1 is 1.00 bits per heavy atom. The Kier molecular flexibility index (Phi) is 5.59. The lowest BCUT2D eigenvalue weighted by atomic mass is 10.2. The van der Waals surface area contributed by atoms with Crippen LogP contribution in [0.25, 0.3) is 17.1 Å². The highest BCUT2D eigenvalue weighted by Crippen LogP contribution is 2.23. The van der Waals surface area contributed by atoms with Crippen molar-refractivity contribution in [2.24, 2.45) is 0 Å². The highest BCUT2D eigenvalue weighted by Gasteiger charge is 2.19. The molecule has 9 heteroatoms. The number of benzene rings is 2. The highest BCUT2D eigenvalue weighted by molar-refractivity contribution is 7.92. The number of rotatable bonds is 7. The summed E-state index contributed by atoms with van der Waals surface area (Å²) >= 11 is 0. The van der Waals surface area contributed by atoms with Crippen LogP contribution in [0.4, 0.5) is 11.4 Å². The second-order valence-electron chi connectivity index (χ2n) is 6.68. The highest BCUT2D eigenvalue weighted by atomic mass is 32.2. The van der Waals surface area contributed by atoms with Crippen molar-refractivity contribution in [3.63, 3.8) is 0 Å². The van der Waals surface area contributed by atoms with Gasteiger partial charge in [-0.15, -0.1) is 0 Å². The van der Waals surface area contributed by atoms with Gasteiger partial charge in [-0.2, -0.15) is 5.10 Å². The molecule has 2 heterocycles. The lowest BCUT2D eigenvalue weighted by molar-refractivity contribution is 0.101. The first-order valence-corrected chi connectivity index (χ1v) is 11.2. The quantitative estimate of drug-likeness (QED) is 0.453. The van der Waals surface area contributed by atoms with Gasteiger partial charge < -0.3 is 9.73 Å². The Bertz CT molecular complexity index is 1280. The molecule has 31 heavy (non-hydrogen) atoms. The van der Waals surface area contributed by atoms with Crippen LogP contribution in [0.2, 0.25) is 0 Å². The van der Waals surface area contributed by atoms with Gasteiger partial charge in [0.25, 0.3) is 5.91 Å². The summed E-state index contributed by atoms with van der Waals surface area (Å²) in [5.41, 5.74) is 2.53. The molecule has 0 aliphatic heterocycles. The zero-order valence-electron chi connectivity index (χ0n) is 16.6. The van der Waals surface area contributed by atoms with Crippen LogP contribution in [-0.2, 0) is 10.0 Å². The van der Waals surface area contributed by atoms with E-state index >= 15 is 0 Å². The number of sulfonamides is 1. The zero-order valence-corrected chi connectivity index (χ0v) is 17.5. The van der Waals surface area contributed by atoms with Crippen molar-refractivity contribution in [1.82, 2.24) is 9.78 Å². The molecule has 4 aromatic rings. The number of carbonyl (C=O) groups excluding carboxylic acids is 1. The minimum absolute atomic E-state index is 0.0209. The third-order valence-electron chi connectivity index (χ3n) is 4.51. The van der Waals surface area contributed by atoms with Gasteiger partial charge in [-0.05, 0) is 55.5 Å². The van der Waals surface area contributed by atoms with Crippen molar-refractivity contribution >= 4 is 27.3 Å². The maximum atomic E-state index is 13.0. The SMILES string of the molecule is CCS(=O)(=O)Nc1ccc(NC(=O)c2cc(-c3ccco3)nn2-c2ccccc2)cc1. The van der Waals surface area contributed by atoms with E-state index in [4.69, 9.17) is 4.42 Å². The molecular formula is C22H20N4O4S. The van der Waals surface area contributed by atoms with Crippen molar-refractivity contribution in [2.45, 2.75) is 6.92 Å². The van der Waals surface area contributed by atoms with Crippen LogP contribution in [0, 0.1) is 0 Å². The molecule has 2 aromatic carbocycles. The molecule has 4 rings (SSSR count). The van der Waals surface area contributed by atoms with Crippen LogP contribution in [0.5, 0.6) is 0 Å². The molecular weight excluding hydrogens is 416 g/mol. The van der Waals surface area contributed by atoms with Gasteiger partial charge in [0, 0.05) is 17.4 Å². The molecule has 0 spiro atoms. The number of para-hydroxylation sites is 1. The summed E-state index contributed by atoms with van der Waals surface area (Å²) in [6, 6.07) is 20.9. The average Bonchev–Trinajstić information content (AvgIpc) is 3.46. The molecule has 2 aromatic heterocycles. The van der Waals surface area contributed by atoms with Crippen LogP contribution in [0.3, 0.4) is 0 Å². The molecule has 2 N–H and O–H groups in total. The van der Waals surface area contributed by atoms with E-state index in [2.05, 4.69) is 15.1 Å². The lowest BCUT2D eigenvalue weighted by Gasteiger charge is -2.10. The van der Waals surface area contributed by atoms with Crippen molar-refractivity contribution in [1.29, 1.82) is 0 Å². The third-order valence-corrected chi connectivity index (χ3v) is 5.82. The van der Waals surface area contributed by atoms with Crippen LogP contribution < -0.4 is 10.0 Å². The summed E-state index contributed by atoms with van der Waals surface area (Å²) in [6.07, 6.45) is 1.55. The van der Waals surface area contributed by atoms with Gasteiger partial charge in [-0.1, -0.05) is 18.2 Å². The fraction of sp³-hybridized carbons (Fsp3) is 0.0909. The lowest BCUT2D eigenvalue weighted by Crippen LogP contribution is -2.17. The standard InChI is InChI=1S/C22H20N4O4S/c1-2-31(28,29)25-17-12-10-16(11-13-17)23-22(27)20-15-19(21-9-6-14-30-21)24-26(20)18-7-4-3-5-8-18/h3-15,25H,2H2,1H3,(H,23,27). The van der Waals surface area contributed by atoms with E-state index in [0.717, 1.165) is 5.69 Å². The number of carbonyl (C=O) groups is 1. The summed E-state index contributed by atoms with van der Waals surface area (Å²) in [5.74, 6) is 0.166. The molecule has 0 saturated heterocycles. The Labute approximate surface area is 179 Å². The van der Waals surface area contributed by atoms with Gasteiger partial charge in [0.05, 0.1) is 17.7 Å². The Hall–Kier alpha value is -3.85. The Balaban J connectivity index is 1.61. The number of amides is 1. The molecule has 0 bridgehead atoms.